The summed E-state index contributed by atoms with van der Waals surface area (Å²) in [6.07, 6.45) is 4.49. The van der Waals surface area contributed by atoms with Crippen LogP contribution in [0.3, 0.4) is 0 Å². The number of ether oxygens (including phenoxy) is 1. The number of fused-ring (bicyclic) bond motifs is 4. The molecule has 0 aliphatic carbocycles. The van der Waals surface area contributed by atoms with E-state index in [-0.39, 0.29) is 17.2 Å². The van der Waals surface area contributed by atoms with Crippen LogP contribution in [-0.2, 0) is 11.2 Å². The molecule has 51 heavy (non-hydrogen) atoms. The standard InChI is InChI=1S/C40H33N7O3S/c41-22-25-7-12-31-32(20-25)45-36(44-31)34-21-27-13-17-47(33-6-2-1-4-29(33)35(27)51-34)39(49)26-8-10-28(11-9-26)43-38(48)30-5-3-16-42-37(30)46-23-40(24-46)14-18-50-19-15-40/h1-12,16,20-21H,13-15,17-19,23-24H2,(H,43,48)(H,44,45). The zero-order valence-electron chi connectivity index (χ0n) is 27.7. The van der Waals surface area contributed by atoms with Gasteiger partial charge in [-0.2, -0.15) is 5.26 Å². The third-order valence-corrected chi connectivity index (χ3v) is 11.5. The number of aromatic nitrogens is 3. The zero-order chi connectivity index (χ0) is 34.5. The van der Waals surface area contributed by atoms with Crippen LogP contribution in [0.1, 0.15) is 44.7 Å². The summed E-state index contributed by atoms with van der Waals surface area (Å²) in [7, 11) is 0. The van der Waals surface area contributed by atoms with Crippen molar-refractivity contribution in [2.75, 3.05) is 48.0 Å². The first kappa shape index (κ1) is 31.2. The van der Waals surface area contributed by atoms with Crippen molar-refractivity contribution in [3.8, 4) is 27.2 Å². The highest BCUT2D eigenvalue weighted by Crippen LogP contribution is 2.45. The van der Waals surface area contributed by atoms with Crippen LogP contribution < -0.4 is 15.1 Å². The predicted molar refractivity (Wildman–Crippen MR) is 198 cm³/mol. The van der Waals surface area contributed by atoms with Gasteiger partial charge in [0, 0.05) is 66.2 Å². The number of nitrogens with one attached hydrogen (secondary N) is 2. The quantitative estimate of drug-likeness (QED) is 0.194. The Labute approximate surface area is 298 Å². The largest absolute Gasteiger partial charge is 0.381 e. The third kappa shape index (κ3) is 5.62. The first-order valence-electron chi connectivity index (χ1n) is 17.1. The number of pyridine rings is 1. The van der Waals surface area contributed by atoms with Crippen molar-refractivity contribution in [3.05, 3.63) is 113 Å². The molecule has 252 valence electrons. The molecule has 11 heteroatoms. The number of carbonyl (C=O) groups excluding carboxylic acids is 2. The van der Waals surface area contributed by atoms with E-state index >= 15 is 0 Å². The average Bonchev–Trinajstić information content (AvgIpc) is 3.75. The molecule has 0 atom stereocenters. The highest BCUT2D eigenvalue weighted by molar-refractivity contribution is 7.19. The van der Waals surface area contributed by atoms with Crippen molar-refractivity contribution < 1.29 is 14.3 Å². The van der Waals surface area contributed by atoms with E-state index in [1.165, 1.54) is 0 Å². The Hall–Kier alpha value is -5.83. The van der Waals surface area contributed by atoms with E-state index in [1.807, 2.05) is 35.2 Å². The minimum Gasteiger partial charge on any atom is -0.381 e. The lowest BCUT2D eigenvalue weighted by atomic mass is 9.73. The first-order valence-corrected chi connectivity index (χ1v) is 17.9. The third-order valence-electron chi connectivity index (χ3n) is 10.3. The van der Waals surface area contributed by atoms with Crippen molar-refractivity contribution in [2.24, 2.45) is 5.41 Å². The van der Waals surface area contributed by atoms with E-state index in [2.05, 4.69) is 38.4 Å². The second kappa shape index (κ2) is 12.5. The van der Waals surface area contributed by atoms with Crippen molar-refractivity contribution >= 4 is 51.4 Å². The maximum Gasteiger partial charge on any atom is 0.259 e. The van der Waals surface area contributed by atoms with E-state index in [9.17, 15) is 14.9 Å². The number of amides is 2. The highest BCUT2D eigenvalue weighted by atomic mass is 32.1. The lowest BCUT2D eigenvalue weighted by Gasteiger charge is -2.53. The van der Waals surface area contributed by atoms with Gasteiger partial charge in [0.05, 0.1) is 38.8 Å². The van der Waals surface area contributed by atoms with Crippen LogP contribution in [0.5, 0.6) is 0 Å². The number of thiophene rings is 1. The molecule has 2 N–H and O–H groups in total. The average molecular weight is 692 g/mol. The van der Waals surface area contributed by atoms with Crippen LogP contribution in [0.2, 0.25) is 0 Å². The fourth-order valence-corrected chi connectivity index (χ4v) is 8.72. The van der Waals surface area contributed by atoms with Gasteiger partial charge in [0.2, 0.25) is 0 Å². The Morgan fingerprint density at radius 3 is 2.63 bits per heavy atom. The predicted octanol–water partition coefficient (Wildman–Crippen LogP) is 7.30. The Morgan fingerprint density at radius 1 is 0.980 bits per heavy atom. The van der Waals surface area contributed by atoms with E-state index < -0.39 is 0 Å². The highest BCUT2D eigenvalue weighted by Gasteiger charge is 2.45. The molecule has 0 bridgehead atoms. The molecular formula is C40H33N7O3S. The SMILES string of the molecule is N#Cc1ccc2[nH]c(-c3cc4c(s3)-c3ccccc3N(C(=O)c3ccc(NC(=O)c5cccnc5N5CC6(CCOCC6)C5)cc3)CC4)nc2c1. The normalized spacial score (nSPS) is 16.1. The monoisotopic (exact) mass is 691 g/mol. The molecule has 0 radical (unpaired) electrons. The molecule has 6 aromatic rings. The van der Waals surface area contributed by atoms with E-state index in [4.69, 9.17) is 9.72 Å². The first-order chi connectivity index (χ1) is 25.0. The number of rotatable bonds is 5. The number of hydrogen-bond acceptors (Lipinski definition) is 8. The fraction of sp³-hybridized carbons (Fsp3) is 0.225. The summed E-state index contributed by atoms with van der Waals surface area (Å²) in [6.45, 7) is 3.85. The van der Waals surface area contributed by atoms with Crippen molar-refractivity contribution in [1.82, 2.24) is 15.0 Å². The molecule has 3 aromatic heterocycles. The number of hydrogen-bond donors (Lipinski definition) is 2. The van der Waals surface area contributed by atoms with E-state index in [1.54, 1.807) is 60.0 Å². The number of benzene rings is 3. The summed E-state index contributed by atoms with van der Waals surface area (Å²) in [5.74, 6) is 1.13. The van der Waals surface area contributed by atoms with Gasteiger partial charge >= 0.3 is 0 Å². The van der Waals surface area contributed by atoms with Crippen molar-refractivity contribution in [2.45, 2.75) is 19.3 Å². The topological polar surface area (TPSA) is 127 Å². The Bertz CT molecular complexity index is 2360. The van der Waals surface area contributed by atoms with E-state index in [0.717, 1.165) is 82.6 Å². The van der Waals surface area contributed by atoms with Crippen molar-refractivity contribution in [1.29, 1.82) is 5.26 Å². The molecule has 3 aliphatic heterocycles. The fourth-order valence-electron chi connectivity index (χ4n) is 7.53. The Balaban J connectivity index is 0.920. The van der Waals surface area contributed by atoms with Crippen LogP contribution in [0.4, 0.5) is 17.2 Å². The number of carbonyl (C=O) groups is 2. The molecule has 0 saturated carbocycles. The van der Waals surface area contributed by atoms with Crippen LogP contribution in [0, 0.1) is 16.7 Å². The number of imidazole rings is 1. The van der Waals surface area contributed by atoms with Gasteiger partial charge in [-0.15, -0.1) is 11.3 Å². The molecule has 9 rings (SSSR count). The summed E-state index contributed by atoms with van der Waals surface area (Å²) >= 11 is 1.65. The van der Waals surface area contributed by atoms with Gasteiger partial charge in [-0.1, -0.05) is 18.2 Å². The lowest BCUT2D eigenvalue weighted by molar-refractivity contribution is -0.000509. The second-order valence-electron chi connectivity index (χ2n) is 13.5. The molecule has 2 fully saturated rings. The molecule has 3 aliphatic rings. The zero-order valence-corrected chi connectivity index (χ0v) is 28.5. The molecule has 1 spiro atoms. The summed E-state index contributed by atoms with van der Waals surface area (Å²) in [4.78, 5) is 46.4. The van der Waals surface area contributed by atoms with Crippen LogP contribution in [0.25, 0.3) is 32.2 Å². The van der Waals surface area contributed by atoms with Crippen LogP contribution in [-0.4, -0.2) is 59.6 Å². The summed E-state index contributed by atoms with van der Waals surface area (Å²) in [5.41, 5.74) is 7.16. The van der Waals surface area contributed by atoms with Gasteiger partial charge in [0.1, 0.15) is 11.6 Å². The Morgan fingerprint density at radius 2 is 1.80 bits per heavy atom. The summed E-state index contributed by atoms with van der Waals surface area (Å²) in [6, 6.07) is 28.5. The number of aromatic amines is 1. The number of H-pyrrole nitrogens is 1. The number of nitriles is 1. The van der Waals surface area contributed by atoms with Crippen LogP contribution in [0.15, 0.2) is 91.1 Å². The molecule has 2 amide bonds. The van der Waals surface area contributed by atoms with E-state index in [0.29, 0.717) is 41.2 Å². The van der Waals surface area contributed by atoms with Gasteiger partial charge in [-0.25, -0.2) is 9.97 Å². The number of anilines is 3. The molecule has 2 saturated heterocycles. The molecule has 3 aromatic carbocycles. The van der Waals surface area contributed by atoms with Gasteiger partial charge in [0.15, 0.2) is 0 Å². The second-order valence-corrected chi connectivity index (χ2v) is 14.5. The minimum atomic E-state index is -0.230. The number of nitrogens with zero attached hydrogens (tertiary/aromatic N) is 5. The summed E-state index contributed by atoms with van der Waals surface area (Å²) in [5, 5.41) is 12.3. The summed E-state index contributed by atoms with van der Waals surface area (Å²) < 4.78 is 5.56. The van der Waals surface area contributed by atoms with Gasteiger partial charge in [-0.3, -0.25) is 9.59 Å². The van der Waals surface area contributed by atoms with Gasteiger partial charge in [-0.05, 0) is 91.6 Å². The number of para-hydroxylation sites is 1. The molecular weight excluding hydrogens is 659 g/mol. The maximum absolute atomic E-state index is 14.1. The molecule has 6 heterocycles. The molecule has 0 unspecified atom stereocenters. The van der Waals surface area contributed by atoms with Crippen molar-refractivity contribution in [3.63, 3.8) is 0 Å². The lowest BCUT2D eigenvalue weighted by Crippen LogP contribution is -2.59. The van der Waals surface area contributed by atoms with Gasteiger partial charge in [0.25, 0.3) is 11.8 Å². The molecule has 10 nitrogen and oxygen atoms in total. The van der Waals surface area contributed by atoms with Gasteiger partial charge < -0.3 is 24.8 Å². The van der Waals surface area contributed by atoms with Crippen LogP contribution >= 0.6 is 11.3 Å². The maximum atomic E-state index is 14.1. The smallest absolute Gasteiger partial charge is 0.259 e. The minimum absolute atomic E-state index is 0.101. The Kier molecular flexibility index (Phi) is 7.64.